The molecular weight excluding hydrogens is 124 g/mol. The third-order valence-corrected chi connectivity index (χ3v) is 2.30. The van der Waals surface area contributed by atoms with Crippen LogP contribution in [0.1, 0.15) is 14.9 Å². The van der Waals surface area contributed by atoms with Crippen molar-refractivity contribution in [3.05, 3.63) is 11.5 Å². The lowest BCUT2D eigenvalue weighted by Crippen LogP contribution is -1.46. The summed E-state index contributed by atoms with van der Waals surface area (Å²) in [5, 5.41) is 2.12. The largest absolute Gasteiger partial charge is 0.0854 e. The van der Waals surface area contributed by atoms with Gasteiger partial charge in [-0.3, -0.25) is 0 Å². The fourth-order valence-corrected chi connectivity index (χ4v) is 1.77. The van der Waals surface area contributed by atoms with Gasteiger partial charge in [0.2, 0.25) is 0 Å². The molecule has 1 heterocycles. The van der Waals surface area contributed by atoms with Gasteiger partial charge in [0.1, 0.15) is 0 Å². The molecule has 0 amide bonds. The Morgan fingerprint density at radius 3 is 2.14 bits per heavy atom. The molecule has 1 rings (SSSR count). The van der Waals surface area contributed by atoms with E-state index >= 15 is 0 Å². The molecule has 0 aliphatic carbocycles. The van der Waals surface area contributed by atoms with Gasteiger partial charge in [0.25, 0.3) is 0 Å². The van der Waals surface area contributed by atoms with Gasteiger partial charge in [-0.2, -0.15) is 0 Å². The highest BCUT2D eigenvalue weighted by atomic mass is 33.1. The van der Waals surface area contributed by atoms with Crippen molar-refractivity contribution in [2.45, 2.75) is 14.9 Å². The number of rotatable bonds is 0. The van der Waals surface area contributed by atoms with Crippen molar-refractivity contribution in [3.8, 4) is 0 Å². The predicted molar refractivity (Wildman–Crippen MR) is 42.7 cm³/mol. The highest BCUT2D eigenvalue weighted by Crippen LogP contribution is 2.27. The zero-order chi connectivity index (χ0) is 3.54. The fourth-order valence-electron chi connectivity index (χ4n) is 0.196. The molecule has 0 atom stereocenters. The van der Waals surface area contributed by atoms with Crippen molar-refractivity contribution in [1.29, 1.82) is 0 Å². The van der Waals surface area contributed by atoms with Crippen LogP contribution in [-0.2, 0) is 0 Å². The van der Waals surface area contributed by atoms with Crippen LogP contribution in [0.2, 0.25) is 0 Å². The van der Waals surface area contributed by atoms with E-state index in [2.05, 4.69) is 11.5 Å². The van der Waals surface area contributed by atoms with E-state index in [9.17, 15) is 0 Å². The zero-order valence-corrected chi connectivity index (χ0v) is 4.31. The summed E-state index contributed by atoms with van der Waals surface area (Å²) in [5.74, 6) is 1.20. The lowest BCUT2D eigenvalue weighted by Gasteiger charge is -1.69. The Morgan fingerprint density at radius 2 is 2.00 bits per heavy atom. The first-order valence-corrected chi connectivity index (χ1v) is 3.81. The van der Waals surface area contributed by atoms with Crippen molar-refractivity contribution in [2.24, 2.45) is 0 Å². The molecule has 0 N–H and O–H groups in total. The monoisotopic (exact) mass is 136 g/mol. The molecule has 0 unspecified atom stereocenters. The minimum Gasteiger partial charge on any atom is -0.0854 e. The highest BCUT2D eigenvalue weighted by molar-refractivity contribution is 8.78. The molecule has 7 heavy (non-hydrogen) atoms. The average molecular weight is 136 g/mol. The van der Waals surface area contributed by atoms with E-state index in [0.717, 1.165) is 0 Å². The Balaban J connectivity index is 0. The summed E-state index contributed by atoms with van der Waals surface area (Å²) in [7, 11) is 3.69. The van der Waals surface area contributed by atoms with Gasteiger partial charge < -0.3 is 0 Å². The van der Waals surface area contributed by atoms with E-state index in [1.165, 1.54) is 5.75 Å². The maximum absolute atomic E-state index is 2.16. The molecular formula is C5H12S2. The summed E-state index contributed by atoms with van der Waals surface area (Å²) in [4.78, 5) is 0. The van der Waals surface area contributed by atoms with E-state index < -0.39 is 0 Å². The van der Waals surface area contributed by atoms with Crippen molar-refractivity contribution >= 4 is 21.6 Å². The Labute approximate surface area is 54.2 Å². The summed E-state index contributed by atoms with van der Waals surface area (Å²) in [6.45, 7) is 0. The molecule has 0 saturated heterocycles. The third-order valence-electron chi connectivity index (χ3n) is 0.384. The molecule has 0 aromatic carbocycles. The van der Waals surface area contributed by atoms with Crippen LogP contribution in [0.5, 0.6) is 0 Å². The van der Waals surface area contributed by atoms with Gasteiger partial charge in [-0.15, -0.1) is 0 Å². The number of hydrogen-bond donors (Lipinski definition) is 0. The SMILES string of the molecule is C.C.C1=CSSC1. The number of hydrogen-bond acceptors (Lipinski definition) is 2. The van der Waals surface area contributed by atoms with Crippen LogP contribution in [0, 0.1) is 0 Å². The summed E-state index contributed by atoms with van der Waals surface area (Å²) in [5.41, 5.74) is 0. The smallest absolute Gasteiger partial charge is 0.0229 e. The molecule has 0 aromatic rings. The second-order valence-electron chi connectivity index (χ2n) is 0.753. The van der Waals surface area contributed by atoms with E-state index in [1.54, 1.807) is 0 Å². The molecule has 0 radical (unpaired) electrons. The Bertz CT molecular complexity index is 44.0. The fraction of sp³-hybridized carbons (Fsp3) is 0.600. The van der Waals surface area contributed by atoms with Crippen LogP contribution in [-0.4, -0.2) is 5.75 Å². The molecule has 1 aliphatic heterocycles. The standard InChI is InChI=1S/C3H4S2.2CH4/c1-2-4-5-3-1;;/h1-2H,3H2;2*1H4. The van der Waals surface area contributed by atoms with Gasteiger partial charge in [-0.1, -0.05) is 42.5 Å². The summed E-state index contributed by atoms with van der Waals surface area (Å²) in [6, 6.07) is 0. The molecule has 2 heteroatoms. The second kappa shape index (κ2) is 6.44. The molecule has 0 spiro atoms. The minimum atomic E-state index is 0. The Kier molecular flexibility index (Phi) is 9.59. The van der Waals surface area contributed by atoms with E-state index in [-0.39, 0.29) is 14.9 Å². The summed E-state index contributed by atoms with van der Waals surface area (Å²) >= 11 is 0. The topological polar surface area (TPSA) is 0 Å². The van der Waals surface area contributed by atoms with Gasteiger partial charge in [-0.05, 0) is 5.41 Å². The first kappa shape index (κ1) is 10.4. The van der Waals surface area contributed by atoms with Crippen molar-refractivity contribution < 1.29 is 0 Å². The van der Waals surface area contributed by atoms with Crippen molar-refractivity contribution in [1.82, 2.24) is 0 Å². The quantitative estimate of drug-likeness (QED) is 0.469. The lowest BCUT2D eigenvalue weighted by atomic mass is 10.8. The van der Waals surface area contributed by atoms with Crippen LogP contribution in [0.25, 0.3) is 0 Å². The van der Waals surface area contributed by atoms with Crippen molar-refractivity contribution in [2.75, 3.05) is 5.75 Å². The molecule has 0 aromatic heterocycles. The van der Waals surface area contributed by atoms with Gasteiger partial charge in [0.05, 0.1) is 0 Å². The zero-order valence-electron chi connectivity index (χ0n) is 2.68. The van der Waals surface area contributed by atoms with Gasteiger partial charge in [-0.25, -0.2) is 0 Å². The second-order valence-corrected chi connectivity index (χ2v) is 3.07. The molecule has 0 bridgehead atoms. The average Bonchev–Trinajstić information content (AvgIpc) is 1.76. The molecule has 0 saturated carbocycles. The molecule has 1 aliphatic rings. The van der Waals surface area contributed by atoms with Gasteiger partial charge in [0, 0.05) is 5.75 Å². The van der Waals surface area contributed by atoms with Crippen molar-refractivity contribution in [3.63, 3.8) is 0 Å². The van der Waals surface area contributed by atoms with Crippen LogP contribution < -0.4 is 0 Å². The summed E-state index contributed by atoms with van der Waals surface area (Å²) in [6.07, 6.45) is 2.16. The normalized spacial score (nSPS) is 14.9. The maximum Gasteiger partial charge on any atom is 0.0229 e. The Hall–Kier alpha value is 0.440. The maximum atomic E-state index is 2.16. The molecule has 0 nitrogen and oxygen atoms in total. The van der Waals surface area contributed by atoms with Crippen LogP contribution in [0.15, 0.2) is 11.5 Å². The van der Waals surface area contributed by atoms with Crippen LogP contribution in [0.3, 0.4) is 0 Å². The Morgan fingerprint density at radius 1 is 1.29 bits per heavy atom. The minimum absolute atomic E-state index is 0. The van der Waals surface area contributed by atoms with E-state index in [0.29, 0.717) is 0 Å². The van der Waals surface area contributed by atoms with E-state index in [4.69, 9.17) is 0 Å². The van der Waals surface area contributed by atoms with Crippen LogP contribution in [0.4, 0.5) is 0 Å². The van der Waals surface area contributed by atoms with E-state index in [1.807, 2.05) is 21.6 Å². The highest BCUT2D eigenvalue weighted by Gasteiger charge is 1.85. The lowest BCUT2D eigenvalue weighted by molar-refractivity contribution is 1.85. The van der Waals surface area contributed by atoms with Gasteiger partial charge >= 0.3 is 0 Å². The summed E-state index contributed by atoms with van der Waals surface area (Å²) < 4.78 is 0. The molecule has 0 fully saturated rings. The van der Waals surface area contributed by atoms with Gasteiger partial charge in [0.15, 0.2) is 0 Å². The molecule has 44 valence electrons. The predicted octanol–water partition coefficient (Wildman–Crippen LogP) is 3.17. The van der Waals surface area contributed by atoms with Crippen LogP contribution >= 0.6 is 21.6 Å². The first-order valence-electron chi connectivity index (χ1n) is 1.43. The first-order chi connectivity index (χ1) is 2.50. The third kappa shape index (κ3) is 4.29.